The van der Waals surface area contributed by atoms with Crippen LogP contribution in [0.1, 0.15) is 17.5 Å². The van der Waals surface area contributed by atoms with Gasteiger partial charge in [-0.2, -0.15) is 0 Å². The molecule has 0 atom stereocenters. The van der Waals surface area contributed by atoms with E-state index in [1.165, 1.54) is 6.07 Å². The van der Waals surface area contributed by atoms with Crippen molar-refractivity contribution < 1.29 is 4.39 Å². The third kappa shape index (κ3) is 2.84. The lowest BCUT2D eigenvalue weighted by molar-refractivity contribution is 0.625. The lowest BCUT2D eigenvalue weighted by atomic mass is 10.1. The van der Waals surface area contributed by atoms with Crippen molar-refractivity contribution in [3.05, 3.63) is 35.2 Å². The molecule has 1 nitrogen and oxygen atoms in total. The second-order valence-electron chi connectivity index (χ2n) is 3.11. The molecular formula is C11H13BrFN. The molecule has 0 fully saturated rings. The van der Waals surface area contributed by atoms with E-state index in [4.69, 9.17) is 5.73 Å². The van der Waals surface area contributed by atoms with Gasteiger partial charge in [-0.3, -0.25) is 0 Å². The number of alkyl halides is 1. The van der Waals surface area contributed by atoms with Crippen LogP contribution in [0.2, 0.25) is 0 Å². The van der Waals surface area contributed by atoms with Crippen LogP contribution in [0, 0.1) is 12.7 Å². The molecule has 0 saturated carbocycles. The molecule has 14 heavy (non-hydrogen) atoms. The summed E-state index contributed by atoms with van der Waals surface area (Å²) >= 11 is 3.30. The predicted molar refractivity (Wildman–Crippen MR) is 63.0 cm³/mol. The molecule has 3 heteroatoms. The highest BCUT2D eigenvalue weighted by Gasteiger charge is 2.01. The number of aryl methyl sites for hydroxylation is 1. The molecule has 0 unspecified atom stereocenters. The maximum Gasteiger partial charge on any atom is 0.132 e. The van der Waals surface area contributed by atoms with E-state index in [0.29, 0.717) is 11.3 Å². The van der Waals surface area contributed by atoms with E-state index in [9.17, 15) is 4.39 Å². The number of hydrogen-bond acceptors (Lipinski definition) is 1. The van der Waals surface area contributed by atoms with E-state index in [1.807, 2.05) is 13.0 Å². The van der Waals surface area contributed by atoms with E-state index < -0.39 is 0 Å². The standard InChI is InChI=1S/C11H13BrFN/c1-8-6-9(4-2-3-5-12)10(13)7-11(8)14/h2,4,6-7H,3,5,14H2,1H3. The van der Waals surface area contributed by atoms with Gasteiger partial charge in [0.2, 0.25) is 0 Å². The highest BCUT2D eigenvalue weighted by atomic mass is 79.9. The summed E-state index contributed by atoms with van der Waals surface area (Å²) in [5.74, 6) is -0.265. The first-order valence-corrected chi connectivity index (χ1v) is 5.55. The van der Waals surface area contributed by atoms with Gasteiger partial charge in [0, 0.05) is 16.6 Å². The maximum atomic E-state index is 13.3. The summed E-state index contributed by atoms with van der Waals surface area (Å²) in [5, 5.41) is 0.888. The van der Waals surface area contributed by atoms with Gasteiger partial charge < -0.3 is 5.73 Å². The van der Waals surface area contributed by atoms with Crippen molar-refractivity contribution in [2.45, 2.75) is 13.3 Å². The zero-order chi connectivity index (χ0) is 10.6. The van der Waals surface area contributed by atoms with E-state index in [-0.39, 0.29) is 5.82 Å². The second kappa shape index (κ2) is 5.15. The van der Waals surface area contributed by atoms with E-state index in [2.05, 4.69) is 15.9 Å². The van der Waals surface area contributed by atoms with Gasteiger partial charge in [0.05, 0.1) is 0 Å². The van der Waals surface area contributed by atoms with Gasteiger partial charge in [-0.15, -0.1) is 0 Å². The number of anilines is 1. The highest BCUT2D eigenvalue weighted by Crippen LogP contribution is 2.18. The fourth-order valence-corrected chi connectivity index (χ4v) is 1.38. The normalized spacial score (nSPS) is 11.1. The van der Waals surface area contributed by atoms with Gasteiger partial charge in [-0.05, 0) is 31.0 Å². The third-order valence-electron chi connectivity index (χ3n) is 1.96. The molecule has 0 aromatic heterocycles. The van der Waals surface area contributed by atoms with Crippen molar-refractivity contribution in [1.82, 2.24) is 0 Å². The molecule has 0 aliphatic carbocycles. The minimum absolute atomic E-state index is 0.265. The number of nitrogen functional groups attached to an aromatic ring is 1. The second-order valence-corrected chi connectivity index (χ2v) is 3.90. The molecule has 0 saturated heterocycles. The quantitative estimate of drug-likeness (QED) is 0.651. The Kier molecular flexibility index (Phi) is 4.14. The molecule has 0 aliphatic heterocycles. The van der Waals surface area contributed by atoms with Crippen LogP contribution < -0.4 is 5.73 Å². The molecular weight excluding hydrogens is 245 g/mol. The number of rotatable bonds is 3. The molecule has 0 radical (unpaired) electrons. The fraction of sp³-hybridized carbons (Fsp3) is 0.273. The van der Waals surface area contributed by atoms with Crippen LogP contribution in [0.5, 0.6) is 0 Å². The molecule has 0 aliphatic rings. The predicted octanol–water partition coefficient (Wildman–Crippen LogP) is 3.51. The van der Waals surface area contributed by atoms with Gasteiger partial charge in [-0.25, -0.2) is 4.39 Å². The topological polar surface area (TPSA) is 26.0 Å². The Hall–Kier alpha value is -0.830. The first-order valence-electron chi connectivity index (χ1n) is 4.43. The van der Waals surface area contributed by atoms with Crippen LogP contribution in [-0.4, -0.2) is 5.33 Å². The largest absolute Gasteiger partial charge is 0.398 e. The Morgan fingerprint density at radius 3 is 2.86 bits per heavy atom. The molecule has 0 heterocycles. The van der Waals surface area contributed by atoms with E-state index in [0.717, 1.165) is 17.3 Å². The zero-order valence-corrected chi connectivity index (χ0v) is 9.64. The monoisotopic (exact) mass is 257 g/mol. The van der Waals surface area contributed by atoms with Crippen LogP contribution in [0.3, 0.4) is 0 Å². The summed E-state index contributed by atoms with van der Waals surface area (Å²) in [4.78, 5) is 0. The minimum Gasteiger partial charge on any atom is -0.398 e. The summed E-state index contributed by atoms with van der Waals surface area (Å²) in [6.07, 6.45) is 4.61. The Balaban J connectivity index is 2.92. The van der Waals surface area contributed by atoms with Gasteiger partial charge in [-0.1, -0.05) is 28.1 Å². The summed E-state index contributed by atoms with van der Waals surface area (Å²) in [5.41, 5.74) is 7.58. The smallest absolute Gasteiger partial charge is 0.132 e. The van der Waals surface area contributed by atoms with E-state index in [1.54, 1.807) is 12.1 Å². The van der Waals surface area contributed by atoms with Gasteiger partial charge in [0.15, 0.2) is 0 Å². The Morgan fingerprint density at radius 1 is 1.50 bits per heavy atom. The molecule has 1 rings (SSSR count). The van der Waals surface area contributed by atoms with Crippen molar-refractivity contribution in [3.8, 4) is 0 Å². The summed E-state index contributed by atoms with van der Waals surface area (Å²) in [6, 6.07) is 3.12. The van der Waals surface area contributed by atoms with Crippen molar-refractivity contribution >= 4 is 27.7 Å². The average molecular weight is 258 g/mol. The lowest BCUT2D eigenvalue weighted by Crippen LogP contribution is -1.93. The summed E-state index contributed by atoms with van der Waals surface area (Å²) in [7, 11) is 0. The molecule has 0 amide bonds. The Morgan fingerprint density at radius 2 is 2.21 bits per heavy atom. The zero-order valence-electron chi connectivity index (χ0n) is 8.06. The van der Waals surface area contributed by atoms with Crippen molar-refractivity contribution in [2.24, 2.45) is 0 Å². The average Bonchev–Trinajstić information content (AvgIpc) is 2.14. The fourth-order valence-electron chi connectivity index (χ4n) is 1.12. The van der Waals surface area contributed by atoms with Crippen LogP contribution in [0.4, 0.5) is 10.1 Å². The summed E-state index contributed by atoms with van der Waals surface area (Å²) in [6.45, 7) is 1.87. The van der Waals surface area contributed by atoms with Crippen LogP contribution in [0.25, 0.3) is 6.08 Å². The van der Waals surface area contributed by atoms with Gasteiger partial charge in [0.25, 0.3) is 0 Å². The Bertz CT molecular complexity index is 347. The number of allylic oxidation sites excluding steroid dienone is 1. The molecule has 0 spiro atoms. The van der Waals surface area contributed by atoms with Crippen molar-refractivity contribution in [2.75, 3.05) is 11.1 Å². The molecule has 1 aromatic carbocycles. The number of nitrogens with two attached hydrogens (primary N) is 1. The number of halogens is 2. The molecule has 76 valence electrons. The van der Waals surface area contributed by atoms with Gasteiger partial charge in [0.1, 0.15) is 5.82 Å². The summed E-state index contributed by atoms with van der Waals surface area (Å²) < 4.78 is 13.3. The van der Waals surface area contributed by atoms with Crippen molar-refractivity contribution in [1.29, 1.82) is 0 Å². The van der Waals surface area contributed by atoms with Crippen LogP contribution >= 0.6 is 15.9 Å². The number of hydrogen-bond donors (Lipinski definition) is 1. The van der Waals surface area contributed by atoms with Gasteiger partial charge >= 0.3 is 0 Å². The lowest BCUT2D eigenvalue weighted by Gasteiger charge is -2.02. The first-order chi connectivity index (χ1) is 6.65. The minimum atomic E-state index is -0.265. The first kappa shape index (κ1) is 11.2. The highest BCUT2D eigenvalue weighted by molar-refractivity contribution is 9.09. The van der Waals surface area contributed by atoms with Crippen LogP contribution in [0.15, 0.2) is 18.2 Å². The Labute approximate surface area is 91.9 Å². The maximum absolute atomic E-state index is 13.3. The van der Waals surface area contributed by atoms with Crippen molar-refractivity contribution in [3.63, 3.8) is 0 Å². The molecule has 2 N–H and O–H groups in total. The number of benzene rings is 1. The van der Waals surface area contributed by atoms with Crippen LogP contribution in [-0.2, 0) is 0 Å². The third-order valence-corrected chi connectivity index (χ3v) is 2.42. The SMILES string of the molecule is Cc1cc(C=CCCBr)c(F)cc1N. The molecule has 0 bridgehead atoms. The molecule has 1 aromatic rings. The van der Waals surface area contributed by atoms with E-state index >= 15 is 0 Å².